The SMILES string of the molecule is CCNC(=O)N1CCc2cc(OC)ccc2C1. The average Bonchev–Trinajstić information content (AvgIpc) is 2.37. The van der Waals surface area contributed by atoms with Crippen molar-refractivity contribution >= 4 is 6.03 Å². The zero-order chi connectivity index (χ0) is 12.3. The van der Waals surface area contributed by atoms with Crippen LogP contribution in [0, 0.1) is 0 Å². The summed E-state index contributed by atoms with van der Waals surface area (Å²) in [4.78, 5) is 13.6. The third-order valence-electron chi connectivity index (χ3n) is 3.04. The summed E-state index contributed by atoms with van der Waals surface area (Å²) in [5, 5.41) is 2.83. The van der Waals surface area contributed by atoms with Gasteiger partial charge in [0.2, 0.25) is 0 Å². The summed E-state index contributed by atoms with van der Waals surface area (Å²) in [6, 6.07) is 6.07. The van der Waals surface area contributed by atoms with Gasteiger partial charge in [-0.3, -0.25) is 0 Å². The van der Waals surface area contributed by atoms with E-state index in [9.17, 15) is 4.79 Å². The van der Waals surface area contributed by atoms with Crippen LogP contribution in [0.25, 0.3) is 0 Å². The van der Waals surface area contributed by atoms with Crippen LogP contribution >= 0.6 is 0 Å². The molecule has 0 aliphatic carbocycles. The van der Waals surface area contributed by atoms with Crippen molar-refractivity contribution in [3.8, 4) is 5.75 Å². The molecule has 4 nitrogen and oxygen atoms in total. The number of urea groups is 1. The van der Waals surface area contributed by atoms with Gasteiger partial charge in [-0.05, 0) is 36.6 Å². The second-order valence-electron chi connectivity index (χ2n) is 4.14. The first-order valence-corrected chi connectivity index (χ1v) is 5.93. The monoisotopic (exact) mass is 234 g/mol. The maximum atomic E-state index is 11.7. The van der Waals surface area contributed by atoms with E-state index in [1.807, 2.05) is 24.0 Å². The number of nitrogens with zero attached hydrogens (tertiary/aromatic N) is 1. The minimum atomic E-state index is 0.0222. The molecule has 2 amide bonds. The normalized spacial score (nSPS) is 14.1. The fourth-order valence-electron chi connectivity index (χ4n) is 2.09. The van der Waals surface area contributed by atoms with Gasteiger partial charge in [-0.2, -0.15) is 0 Å². The summed E-state index contributed by atoms with van der Waals surface area (Å²) in [5.74, 6) is 0.884. The minimum absolute atomic E-state index is 0.0222. The molecule has 0 bridgehead atoms. The van der Waals surface area contributed by atoms with Crippen molar-refractivity contribution in [3.05, 3.63) is 29.3 Å². The molecule has 1 heterocycles. The van der Waals surface area contributed by atoms with Crippen LogP contribution in [0.5, 0.6) is 5.75 Å². The third-order valence-corrected chi connectivity index (χ3v) is 3.04. The Morgan fingerprint density at radius 1 is 1.47 bits per heavy atom. The second kappa shape index (κ2) is 5.08. The van der Waals surface area contributed by atoms with Gasteiger partial charge in [0.15, 0.2) is 0 Å². The number of hydrogen-bond acceptors (Lipinski definition) is 2. The van der Waals surface area contributed by atoms with Crippen molar-refractivity contribution in [2.75, 3.05) is 20.2 Å². The number of amides is 2. The third kappa shape index (κ3) is 2.52. The molecule has 0 fully saturated rings. The summed E-state index contributed by atoms with van der Waals surface area (Å²) in [6.45, 7) is 4.06. The first-order valence-electron chi connectivity index (χ1n) is 5.93. The standard InChI is InChI=1S/C13H18N2O2/c1-3-14-13(16)15-7-6-10-8-12(17-2)5-4-11(10)9-15/h4-5,8H,3,6-7,9H2,1-2H3,(H,14,16). The number of rotatable bonds is 2. The first-order chi connectivity index (χ1) is 8.24. The molecule has 0 unspecified atom stereocenters. The van der Waals surface area contributed by atoms with Crippen LogP contribution < -0.4 is 10.1 Å². The topological polar surface area (TPSA) is 41.6 Å². The van der Waals surface area contributed by atoms with E-state index < -0.39 is 0 Å². The molecule has 2 rings (SSSR count). The minimum Gasteiger partial charge on any atom is -0.497 e. The molecule has 0 aromatic heterocycles. The second-order valence-corrected chi connectivity index (χ2v) is 4.14. The van der Waals surface area contributed by atoms with Gasteiger partial charge in [0, 0.05) is 19.6 Å². The Morgan fingerprint density at radius 2 is 2.29 bits per heavy atom. The summed E-state index contributed by atoms with van der Waals surface area (Å²) >= 11 is 0. The lowest BCUT2D eigenvalue weighted by molar-refractivity contribution is 0.193. The Balaban J connectivity index is 2.11. The molecule has 0 spiro atoms. The maximum absolute atomic E-state index is 11.7. The van der Waals surface area contributed by atoms with Crippen LogP contribution in [-0.2, 0) is 13.0 Å². The predicted octanol–water partition coefficient (Wildman–Crippen LogP) is 1.78. The van der Waals surface area contributed by atoms with Gasteiger partial charge in [0.25, 0.3) is 0 Å². The van der Waals surface area contributed by atoms with Crippen LogP contribution in [0.2, 0.25) is 0 Å². The van der Waals surface area contributed by atoms with E-state index in [2.05, 4.69) is 11.4 Å². The molecular weight excluding hydrogens is 216 g/mol. The van der Waals surface area contributed by atoms with Crippen molar-refractivity contribution in [1.29, 1.82) is 0 Å². The molecule has 0 saturated heterocycles. The molecule has 92 valence electrons. The van der Waals surface area contributed by atoms with Crippen molar-refractivity contribution in [1.82, 2.24) is 10.2 Å². The summed E-state index contributed by atoms with van der Waals surface area (Å²) < 4.78 is 5.20. The molecule has 1 aromatic rings. The Kier molecular flexibility index (Phi) is 3.52. The number of fused-ring (bicyclic) bond motifs is 1. The summed E-state index contributed by atoms with van der Waals surface area (Å²) in [6.07, 6.45) is 0.893. The number of hydrogen-bond donors (Lipinski definition) is 1. The number of carbonyl (C=O) groups excluding carboxylic acids is 1. The highest BCUT2D eigenvalue weighted by atomic mass is 16.5. The van der Waals surface area contributed by atoms with E-state index in [0.29, 0.717) is 13.1 Å². The van der Waals surface area contributed by atoms with E-state index in [-0.39, 0.29) is 6.03 Å². The molecule has 0 saturated carbocycles. The van der Waals surface area contributed by atoms with Crippen LogP contribution in [0.15, 0.2) is 18.2 Å². The van der Waals surface area contributed by atoms with E-state index in [0.717, 1.165) is 18.7 Å². The lowest BCUT2D eigenvalue weighted by Crippen LogP contribution is -2.42. The van der Waals surface area contributed by atoms with Gasteiger partial charge in [0.05, 0.1) is 7.11 Å². The van der Waals surface area contributed by atoms with E-state index in [4.69, 9.17) is 4.74 Å². The van der Waals surface area contributed by atoms with Crippen LogP contribution in [0.4, 0.5) is 4.79 Å². The van der Waals surface area contributed by atoms with Crippen molar-refractivity contribution in [3.63, 3.8) is 0 Å². The zero-order valence-electron chi connectivity index (χ0n) is 10.3. The molecule has 1 aromatic carbocycles. The molecule has 1 N–H and O–H groups in total. The van der Waals surface area contributed by atoms with Crippen molar-refractivity contribution in [2.24, 2.45) is 0 Å². The van der Waals surface area contributed by atoms with Crippen LogP contribution in [0.3, 0.4) is 0 Å². The fraction of sp³-hybridized carbons (Fsp3) is 0.462. The van der Waals surface area contributed by atoms with Crippen LogP contribution in [-0.4, -0.2) is 31.1 Å². The number of methoxy groups -OCH3 is 1. The molecular formula is C13H18N2O2. The summed E-state index contributed by atoms with van der Waals surface area (Å²) in [5.41, 5.74) is 2.49. The molecule has 4 heteroatoms. The highest BCUT2D eigenvalue weighted by Crippen LogP contribution is 2.23. The van der Waals surface area contributed by atoms with Crippen molar-refractivity contribution in [2.45, 2.75) is 19.9 Å². The van der Waals surface area contributed by atoms with Gasteiger partial charge in [-0.15, -0.1) is 0 Å². The van der Waals surface area contributed by atoms with Crippen molar-refractivity contribution < 1.29 is 9.53 Å². The Bertz CT molecular complexity index is 418. The van der Waals surface area contributed by atoms with E-state index >= 15 is 0 Å². The number of benzene rings is 1. The molecule has 0 atom stereocenters. The lowest BCUT2D eigenvalue weighted by atomic mass is 10.00. The Hall–Kier alpha value is -1.71. The zero-order valence-corrected chi connectivity index (χ0v) is 10.3. The van der Waals surface area contributed by atoms with E-state index in [1.165, 1.54) is 11.1 Å². The first kappa shape index (κ1) is 11.8. The molecule has 0 radical (unpaired) electrons. The number of carbonyl (C=O) groups is 1. The number of ether oxygens (including phenoxy) is 1. The average molecular weight is 234 g/mol. The molecule has 1 aliphatic rings. The highest BCUT2D eigenvalue weighted by Gasteiger charge is 2.20. The van der Waals surface area contributed by atoms with Gasteiger partial charge < -0.3 is 15.0 Å². The fourth-order valence-corrected chi connectivity index (χ4v) is 2.09. The van der Waals surface area contributed by atoms with Gasteiger partial charge in [-0.1, -0.05) is 6.07 Å². The van der Waals surface area contributed by atoms with Gasteiger partial charge in [0.1, 0.15) is 5.75 Å². The van der Waals surface area contributed by atoms with Gasteiger partial charge >= 0.3 is 6.03 Å². The van der Waals surface area contributed by atoms with Gasteiger partial charge in [-0.25, -0.2) is 4.79 Å². The Labute approximate surface area is 102 Å². The summed E-state index contributed by atoms with van der Waals surface area (Å²) in [7, 11) is 1.67. The van der Waals surface area contributed by atoms with Crippen LogP contribution in [0.1, 0.15) is 18.1 Å². The maximum Gasteiger partial charge on any atom is 0.317 e. The van der Waals surface area contributed by atoms with E-state index in [1.54, 1.807) is 7.11 Å². The smallest absolute Gasteiger partial charge is 0.317 e. The number of nitrogens with one attached hydrogen (secondary N) is 1. The molecule has 17 heavy (non-hydrogen) atoms. The largest absolute Gasteiger partial charge is 0.497 e. The molecule has 1 aliphatic heterocycles. The Morgan fingerprint density at radius 3 is 3.00 bits per heavy atom. The lowest BCUT2D eigenvalue weighted by Gasteiger charge is -2.29. The highest BCUT2D eigenvalue weighted by molar-refractivity contribution is 5.74. The predicted molar refractivity (Wildman–Crippen MR) is 66.2 cm³/mol. The quantitative estimate of drug-likeness (QED) is 0.847.